The van der Waals surface area contributed by atoms with Gasteiger partial charge in [0.1, 0.15) is 4.90 Å². The maximum Gasteiger partial charge on any atom is 0.276 e. The second-order valence-electron chi connectivity index (χ2n) is 7.22. The van der Waals surface area contributed by atoms with Gasteiger partial charge in [-0.1, -0.05) is 13.0 Å². The normalized spacial score (nSPS) is 12.3. The van der Waals surface area contributed by atoms with E-state index in [1.165, 1.54) is 16.8 Å². The number of sulfonamides is 1. The molecule has 0 aliphatic heterocycles. The Labute approximate surface area is 163 Å². The highest BCUT2D eigenvalue weighted by molar-refractivity contribution is 7.89. The molecule has 0 aliphatic rings. The fourth-order valence-corrected chi connectivity index (χ4v) is 3.28. The molecule has 0 aromatic carbocycles. The van der Waals surface area contributed by atoms with Crippen molar-refractivity contribution in [3.63, 3.8) is 0 Å². The predicted molar refractivity (Wildman–Crippen MR) is 106 cm³/mol. The van der Waals surface area contributed by atoms with Crippen molar-refractivity contribution in [1.82, 2.24) is 19.3 Å². The minimum atomic E-state index is -3.85. The SMILES string of the molecule is CCC(C)(C)n1cc(Cc2cccnc2)c(=O)n1-c1ccc(S(N)(=O)=O)cn1. The van der Waals surface area contributed by atoms with E-state index in [4.69, 9.17) is 5.14 Å². The van der Waals surface area contributed by atoms with Gasteiger partial charge in [0.15, 0.2) is 5.82 Å². The second kappa shape index (κ2) is 7.33. The Morgan fingerprint density at radius 2 is 1.93 bits per heavy atom. The minimum Gasteiger partial charge on any atom is -0.278 e. The molecule has 2 N–H and O–H groups in total. The van der Waals surface area contributed by atoms with Gasteiger partial charge >= 0.3 is 0 Å². The Hall–Kier alpha value is -2.78. The molecule has 0 saturated carbocycles. The van der Waals surface area contributed by atoms with Gasteiger partial charge in [-0.05, 0) is 44.0 Å². The Bertz CT molecular complexity index is 1130. The van der Waals surface area contributed by atoms with Crippen LogP contribution >= 0.6 is 0 Å². The van der Waals surface area contributed by atoms with Crippen molar-refractivity contribution >= 4 is 10.0 Å². The number of hydrogen-bond acceptors (Lipinski definition) is 5. The summed E-state index contributed by atoms with van der Waals surface area (Å²) in [4.78, 5) is 21.3. The van der Waals surface area contributed by atoms with Crippen LogP contribution < -0.4 is 10.7 Å². The summed E-state index contributed by atoms with van der Waals surface area (Å²) in [6, 6.07) is 6.57. The van der Waals surface area contributed by atoms with Gasteiger partial charge in [0.05, 0.1) is 5.54 Å². The summed E-state index contributed by atoms with van der Waals surface area (Å²) in [5, 5.41) is 5.14. The number of nitrogens with zero attached hydrogens (tertiary/aromatic N) is 4. The lowest BCUT2D eigenvalue weighted by molar-refractivity contribution is 0.282. The topological polar surface area (TPSA) is 113 Å². The molecule has 0 fully saturated rings. The van der Waals surface area contributed by atoms with Crippen molar-refractivity contribution in [2.45, 2.75) is 44.0 Å². The summed E-state index contributed by atoms with van der Waals surface area (Å²) in [6.07, 6.45) is 7.62. The van der Waals surface area contributed by atoms with E-state index in [0.717, 1.165) is 18.2 Å². The molecule has 3 heterocycles. The van der Waals surface area contributed by atoms with Gasteiger partial charge in [0.2, 0.25) is 10.0 Å². The van der Waals surface area contributed by atoms with E-state index < -0.39 is 10.0 Å². The average Bonchev–Trinajstić information content (AvgIpc) is 2.99. The average molecular weight is 401 g/mol. The Morgan fingerprint density at radius 3 is 2.46 bits per heavy atom. The monoisotopic (exact) mass is 401 g/mol. The molecular weight excluding hydrogens is 378 g/mol. The smallest absolute Gasteiger partial charge is 0.276 e. The van der Waals surface area contributed by atoms with Crippen molar-refractivity contribution in [2.24, 2.45) is 5.14 Å². The Kier molecular flexibility index (Phi) is 5.22. The Morgan fingerprint density at radius 1 is 1.18 bits per heavy atom. The van der Waals surface area contributed by atoms with Crippen LogP contribution in [0.25, 0.3) is 5.82 Å². The molecule has 0 atom stereocenters. The largest absolute Gasteiger partial charge is 0.278 e. The number of hydrogen-bond donors (Lipinski definition) is 1. The van der Waals surface area contributed by atoms with Crippen LogP contribution in [0.2, 0.25) is 0 Å². The number of primary sulfonamides is 1. The van der Waals surface area contributed by atoms with Crippen molar-refractivity contribution in [3.05, 3.63) is 70.5 Å². The molecule has 9 heteroatoms. The van der Waals surface area contributed by atoms with Crippen LogP contribution in [0.1, 0.15) is 38.3 Å². The summed E-state index contributed by atoms with van der Waals surface area (Å²) in [5.41, 5.74) is 0.968. The van der Waals surface area contributed by atoms with Crippen LogP contribution in [-0.2, 0) is 22.0 Å². The quantitative estimate of drug-likeness (QED) is 0.677. The minimum absolute atomic E-state index is 0.104. The molecule has 0 spiro atoms. The maximum absolute atomic E-state index is 13.2. The highest BCUT2D eigenvalue weighted by atomic mass is 32.2. The van der Waals surface area contributed by atoms with E-state index in [0.29, 0.717) is 17.8 Å². The van der Waals surface area contributed by atoms with Gasteiger partial charge in [-0.25, -0.2) is 18.5 Å². The van der Waals surface area contributed by atoms with E-state index >= 15 is 0 Å². The van der Waals surface area contributed by atoms with Crippen LogP contribution in [0, 0.1) is 0 Å². The van der Waals surface area contributed by atoms with Crippen molar-refractivity contribution in [1.29, 1.82) is 0 Å². The highest BCUT2D eigenvalue weighted by Gasteiger charge is 2.25. The fourth-order valence-electron chi connectivity index (χ4n) is 2.83. The zero-order chi connectivity index (χ0) is 20.5. The van der Waals surface area contributed by atoms with E-state index in [9.17, 15) is 13.2 Å². The first-order chi connectivity index (χ1) is 13.1. The zero-order valence-electron chi connectivity index (χ0n) is 16.0. The van der Waals surface area contributed by atoms with Gasteiger partial charge in [0, 0.05) is 36.8 Å². The summed E-state index contributed by atoms with van der Waals surface area (Å²) in [7, 11) is -3.85. The molecule has 0 amide bonds. The van der Waals surface area contributed by atoms with Crippen molar-refractivity contribution < 1.29 is 8.42 Å². The van der Waals surface area contributed by atoms with Gasteiger partial charge in [-0.3, -0.25) is 14.5 Å². The maximum atomic E-state index is 13.2. The first-order valence-electron chi connectivity index (χ1n) is 8.85. The summed E-state index contributed by atoms with van der Waals surface area (Å²) in [5.74, 6) is 0.330. The summed E-state index contributed by atoms with van der Waals surface area (Å²) < 4.78 is 26.3. The van der Waals surface area contributed by atoms with E-state index in [1.54, 1.807) is 12.4 Å². The third-order valence-corrected chi connectivity index (χ3v) is 5.73. The van der Waals surface area contributed by atoms with Crippen LogP contribution in [0.3, 0.4) is 0 Å². The second-order valence-corrected chi connectivity index (χ2v) is 8.78. The molecule has 8 nitrogen and oxygen atoms in total. The van der Waals surface area contributed by atoms with E-state index in [-0.39, 0.29) is 16.0 Å². The highest BCUT2D eigenvalue weighted by Crippen LogP contribution is 2.22. The molecule has 0 bridgehead atoms. The lowest BCUT2D eigenvalue weighted by Crippen LogP contribution is -2.34. The predicted octanol–water partition coefficient (Wildman–Crippen LogP) is 1.81. The number of nitrogens with two attached hydrogens (primary N) is 1. The third-order valence-electron chi connectivity index (χ3n) is 4.83. The Balaban J connectivity index is 2.15. The lowest BCUT2D eigenvalue weighted by Gasteiger charge is -2.27. The number of pyridine rings is 2. The van der Waals surface area contributed by atoms with Gasteiger partial charge < -0.3 is 0 Å². The van der Waals surface area contributed by atoms with E-state index in [1.807, 2.05) is 43.8 Å². The molecule has 0 radical (unpaired) electrons. The third kappa shape index (κ3) is 3.90. The summed E-state index contributed by atoms with van der Waals surface area (Å²) in [6.45, 7) is 6.08. The molecule has 148 valence electrons. The van der Waals surface area contributed by atoms with Crippen LogP contribution in [-0.4, -0.2) is 27.7 Å². The van der Waals surface area contributed by atoms with Gasteiger partial charge in [-0.15, -0.1) is 0 Å². The molecular formula is C19H23N5O3S. The van der Waals surface area contributed by atoms with Gasteiger partial charge in [-0.2, -0.15) is 4.68 Å². The molecule has 28 heavy (non-hydrogen) atoms. The fraction of sp³-hybridized carbons (Fsp3) is 0.316. The lowest BCUT2D eigenvalue weighted by atomic mass is 10.0. The first kappa shape index (κ1) is 20.0. The standard InChI is InChI=1S/C19H23N5O3S/c1-4-19(2,3)23-13-15(10-14-6-5-9-21-11-14)18(25)24(23)17-8-7-16(12-22-17)28(20,26)27/h5-9,11-13H,4,10H2,1-3H3,(H2,20,26,27). The van der Waals surface area contributed by atoms with Crippen LogP contribution in [0.15, 0.2) is 58.7 Å². The molecule has 3 aromatic rings. The van der Waals surface area contributed by atoms with Crippen molar-refractivity contribution in [3.8, 4) is 5.82 Å². The zero-order valence-corrected chi connectivity index (χ0v) is 16.8. The summed E-state index contributed by atoms with van der Waals surface area (Å²) >= 11 is 0. The van der Waals surface area contributed by atoms with Crippen molar-refractivity contribution in [2.75, 3.05) is 0 Å². The molecule has 0 unspecified atom stereocenters. The molecule has 0 aliphatic carbocycles. The van der Waals surface area contributed by atoms with Crippen LogP contribution in [0.4, 0.5) is 0 Å². The molecule has 3 aromatic heterocycles. The van der Waals surface area contributed by atoms with Gasteiger partial charge in [0.25, 0.3) is 5.56 Å². The molecule has 3 rings (SSSR count). The van der Waals surface area contributed by atoms with E-state index in [2.05, 4.69) is 9.97 Å². The van der Waals surface area contributed by atoms with Crippen LogP contribution in [0.5, 0.6) is 0 Å². The number of rotatable bonds is 6. The number of aromatic nitrogens is 4. The molecule has 0 saturated heterocycles. The first-order valence-corrected chi connectivity index (χ1v) is 10.4.